The van der Waals surface area contributed by atoms with Gasteiger partial charge in [-0.25, -0.2) is 8.42 Å². The molecule has 3 aromatic rings. The molecule has 3 rings (SSSR count). The second-order valence-electron chi connectivity index (χ2n) is 6.61. The van der Waals surface area contributed by atoms with Crippen LogP contribution in [0.25, 0.3) is 0 Å². The highest BCUT2D eigenvalue weighted by Gasteiger charge is 2.26. The summed E-state index contributed by atoms with van der Waals surface area (Å²) in [5.74, 6) is 0.975. The molecule has 0 aliphatic heterocycles. The van der Waals surface area contributed by atoms with Crippen LogP contribution in [-0.2, 0) is 16.6 Å². The van der Waals surface area contributed by atoms with Crippen LogP contribution in [0.3, 0.4) is 0 Å². The fourth-order valence-corrected chi connectivity index (χ4v) is 4.37. The van der Waals surface area contributed by atoms with Crippen molar-refractivity contribution < 1.29 is 17.9 Å². The van der Waals surface area contributed by atoms with Crippen LogP contribution in [0, 0.1) is 6.92 Å². The number of nitrogens with two attached hydrogens (primary N) is 1. The fraction of sp³-hybridized carbons (Fsp3) is 0.182. The van der Waals surface area contributed by atoms with Gasteiger partial charge in [0.1, 0.15) is 0 Å². The number of anilines is 2. The van der Waals surface area contributed by atoms with E-state index in [4.69, 9.17) is 15.2 Å². The average Bonchev–Trinajstić information content (AvgIpc) is 2.73. The first kappa shape index (κ1) is 20.5. The molecule has 0 unspecified atom stereocenters. The number of methoxy groups -OCH3 is 2. The van der Waals surface area contributed by atoms with Crippen molar-refractivity contribution in [3.8, 4) is 11.5 Å². The lowest BCUT2D eigenvalue weighted by molar-refractivity contribution is 0.355. The van der Waals surface area contributed by atoms with E-state index >= 15 is 0 Å². The number of aryl methyl sites for hydroxylation is 1. The van der Waals surface area contributed by atoms with Gasteiger partial charge in [-0.05, 0) is 48.9 Å². The van der Waals surface area contributed by atoms with E-state index in [0.717, 1.165) is 11.1 Å². The van der Waals surface area contributed by atoms with Crippen LogP contribution in [0.1, 0.15) is 11.1 Å². The summed E-state index contributed by atoms with van der Waals surface area (Å²) in [6.07, 6.45) is 0. The van der Waals surface area contributed by atoms with Gasteiger partial charge in [0.15, 0.2) is 11.5 Å². The number of ether oxygens (including phenoxy) is 2. The lowest BCUT2D eigenvalue weighted by Gasteiger charge is -2.25. The number of hydrogen-bond donors (Lipinski definition) is 1. The highest BCUT2D eigenvalue weighted by atomic mass is 32.2. The number of rotatable bonds is 7. The van der Waals surface area contributed by atoms with Gasteiger partial charge in [0.05, 0.1) is 31.3 Å². The molecule has 3 aromatic carbocycles. The maximum atomic E-state index is 13.5. The van der Waals surface area contributed by atoms with Crippen LogP contribution in [0.15, 0.2) is 71.6 Å². The molecule has 0 aliphatic carbocycles. The Hall–Kier alpha value is -3.19. The Balaban J connectivity index is 2.10. The third-order valence-electron chi connectivity index (χ3n) is 4.57. The average molecular weight is 413 g/mol. The molecule has 7 heteroatoms. The number of nitrogen functional groups attached to an aromatic ring is 1. The second kappa shape index (κ2) is 8.45. The van der Waals surface area contributed by atoms with Gasteiger partial charge in [0, 0.05) is 11.8 Å². The maximum Gasteiger partial charge on any atom is 0.264 e. The molecule has 0 spiro atoms. The number of benzene rings is 3. The Labute approximate surface area is 171 Å². The predicted octanol–water partition coefficient (Wildman–Crippen LogP) is 3.99. The molecule has 0 atom stereocenters. The van der Waals surface area contributed by atoms with E-state index in [1.807, 2.05) is 31.2 Å². The van der Waals surface area contributed by atoms with Gasteiger partial charge >= 0.3 is 0 Å². The van der Waals surface area contributed by atoms with Crippen molar-refractivity contribution in [1.82, 2.24) is 0 Å². The minimum atomic E-state index is -3.84. The number of nitrogens with zero attached hydrogens (tertiary/aromatic N) is 1. The summed E-state index contributed by atoms with van der Waals surface area (Å²) < 4.78 is 39.0. The van der Waals surface area contributed by atoms with Gasteiger partial charge in [-0.3, -0.25) is 4.31 Å². The molecule has 0 saturated carbocycles. The van der Waals surface area contributed by atoms with Gasteiger partial charge in [-0.2, -0.15) is 0 Å². The third kappa shape index (κ3) is 4.46. The first-order valence-corrected chi connectivity index (χ1v) is 10.4. The van der Waals surface area contributed by atoms with Crippen LogP contribution in [0.5, 0.6) is 11.5 Å². The van der Waals surface area contributed by atoms with Gasteiger partial charge in [-0.15, -0.1) is 0 Å². The van der Waals surface area contributed by atoms with Crippen molar-refractivity contribution in [1.29, 1.82) is 0 Å². The highest BCUT2D eigenvalue weighted by Crippen LogP contribution is 2.34. The molecule has 29 heavy (non-hydrogen) atoms. The lowest BCUT2D eigenvalue weighted by atomic mass is 10.1. The quantitative estimate of drug-likeness (QED) is 0.594. The SMILES string of the molecule is COc1ccc(N(Cc2ccc(C)cc2)S(=O)(=O)c2ccc(N)cc2)cc1OC. The Morgan fingerprint density at radius 2 is 1.48 bits per heavy atom. The first-order valence-electron chi connectivity index (χ1n) is 9.01. The Kier molecular flexibility index (Phi) is 5.98. The van der Waals surface area contributed by atoms with Gasteiger partial charge in [0.25, 0.3) is 10.0 Å². The van der Waals surface area contributed by atoms with Crippen LogP contribution < -0.4 is 19.5 Å². The van der Waals surface area contributed by atoms with Gasteiger partial charge in [-0.1, -0.05) is 29.8 Å². The summed E-state index contributed by atoms with van der Waals surface area (Å²) in [5.41, 5.74) is 8.67. The largest absolute Gasteiger partial charge is 0.493 e. The van der Waals surface area contributed by atoms with Crippen LogP contribution >= 0.6 is 0 Å². The van der Waals surface area contributed by atoms with Gasteiger partial charge in [0.2, 0.25) is 0 Å². The van der Waals surface area contributed by atoms with E-state index in [1.165, 1.54) is 30.7 Å². The van der Waals surface area contributed by atoms with E-state index in [9.17, 15) is 8.42 Å². The third-order valence-corrected chi connectivity index (χ3v) is 6.36. The first-order chi connectivity index (χ1) is 13.8. The molecule has 2 N–H and O–H groups in total. The molecule has 0 aliphatic rings. The molecule has 0 bridgehead atoms. The fourth-order valence-electron chi connectivity index (χ4n) is 2.92. The van der Waals surface area contributed by atoms with Crippen molar-refractivity contribution in [3.05, 3.63) is 77.9 Å². The maximum absolute atomic E-state index is 13.5. The van der Waals surface area contributed by atoms with Gasteiger partial charge < -0.3 is 15.2 Å². The minimum Gasteiger partial charge on any atom is -0.493 e. The van der Waals surface area contributed by atoms with E-state index in [0.29, 0.717) is 22.9 Å². The van der Waals surface area contributed by atoms with E-state index in [1.54, 1.807) is 30.3 Å². The minimum absolute atomic E-state index is 0.161. The van der Waals surface area contributed by atoms with Crippen molar-refractivity contribution in [3.63, 3.8) is 0 Å². The molecular formula is C22H24N2O4S. The molecule has 0 amide bonds. The van der Waals surface area contributed by atoms with E-state index in [-0.39, 0.29) is 11.4 Å². The summed E-state index contributed by atoms with van der Waals surface area (Å²) in [6.45, 7) is 2.16. The standard InChI is InChI=1S/C22H24N2O4S/c1-16-4-6-17(7-5-16)15-24(19-10-13-21(27-2)22(14-19)28-3)29(25,26)20-11-8-18(23)9-12-20/h4-14H,15,23H2,1-3H3. The lowest BCUT2D eigenvalue weighted by Crippen LogP contribution is -2.30. The van der Waals surface area contributed by atoms with Crippen LogP contribution in [0.2, 0.25) is 0 Å². The van der Waals surface area contributed by atoms with E-state index < -0.39 is 10.0 Å². The Morgan fingerprint density at radius 1 is 0.862 bits per heavy atom. The van der Waals surface area contributed by atoms with Crippen LogP contribution in [0.4, 0.5) is 11.4 Å². The topological polar surface area (TPSA) is 81.9 Å². The predicted molar refractivity (Wildman–Crippen MR) is 115 cm³/mol. The summed E-state index contributed by atoms with van der Waals surface area (Å²) in [5, 5.41) is 0. The molecule has 0 saturated heterocycles. The number of hydrogen-bond acceptors (Lipinski definition) is 5. The second-order valence-corrected chi connectivity index (χ2v) is 8.47. The molecule has 0 aromatic heterocycles. The molecule has 0 fully saturated rings. The zero-order valence-electron chi connectivity index (χ0n) is 16.6. The van der Waals surface area contributed by atoms with Crippen LogP contribution in [-0.4, -0.2) is 22.6 Å². The molecule has 6 nitrogen and oxygen atoms in total. The zero-order valence-corrected chi connectivity index (χ0v) is 17.4. The molecule has 0 heterocycles. The van der Waals surface area contributed by atoms with E-state index in [2.05, 4.69) is 0 Å². The summed E-state index contributed by atoms with van der Waals surface area (Å²) in [7, 11) is -0.794. The Morgan fingerprint density at radius 3 is 2.07 bits per heavy atom. The summed E-state index contributed by atoms with van der Waals surface area (Å²) in [4.78, 5) is 0.161. The zero-order chi connectivity index (χ0) is 21.0. The smallest absolute Gasteiger partial charge is 0.264 e. The normalized spacial score (nSPS) is 11.1. The Bertz CT molecular complexity index is 1080. The molecule has 152 valence electrons. The molecule has 0 radical (unpaired) electrons. The highest BCUT2D eigenvalue weighted by molar-refractivity contribution is 7.92. The summed E-state index contributed by atoms with van der Waals surface area (Å²) in [6, 6.07) is 19.0. The summed E-state index contributed by atoms with van der Waals surface area (Å²) >= 11 is 0. The van der Waals surface area contributed by atoms with Crippen molar-refractivity contribution in [2.45, 2.75) is 18.4 Å². The van der Waals surface area contributed by atoms with Crippen molar-refractivity contribution in [2.24, 2.45) is 0 Å². The number of sulfonamides is 1. The monoisotopic (exact) mass is 412 g/mol. The van der Waals surface area contributed by atoms with Crippen molar-refractivity contribution in [2.75, 3.05) is 24.3 Å². The van der Waals surface area contributed by atoms with Crippen molar-refractivity contribution >= 4 is 21.4 Å². The molecular weight excluding hydrogens is 388 g/mol.